The maximum absolute atomic E-state index is 11.0. The van der Waals surface area contributed by atoms with Gasteiger partial charge < -0.3 is 4.74 Å². The van der Waals surface area contributed by atoms with Crippen LogP contribution in [0.5, 0.6) is 0 Å². The SMILES string of the molecule is C.C=C(C)OC(=O)Nc1nc(C)cs1. The van der Waals surface area contributed by atoms with Crippen LogP contribution in [0.2, 0.25) is 0 Å². The zero-order valence-corrected chi connectivity index (χ0v) is 8.27. The smallest absolute Gasteiger partial charge is 0.416 e. The summed E-state index contributed by atoms with van der Waals surface area (Å²) in [4.78, 5) is 15.0. The predicted molar refractivity (Wildman–Crippen MR) is 58.5 cm³/mol. The Morgan fingerprint density at radius 1 is 1.71 bits per heavy atom. The van der Waals surface area contributed by atoms with Gasteiger partial charge in [-0.1, -0.05) is 14.0 Å². The van der Waals surface area contributed by atoms with E-state index in [4.69, 9.17) is 0 Å². The normalized spacial score (nSPS) is 8.71. The first-order valence-corrected chi connectivity index (χ1v) is 4.52. The summed E-state index contributed by atoms with van der Waals surface area (Å²) in [5, 5.41) is 4.85. The Balaban J connectivity index is 0.00000169. The number of aromatic nitrogens is 1. The minimum atomic E-state index is -0.554. The Morgan fingerprint density at radius 3 is 2.79 bits per heavy atom. The van der Waals surface area contributed by atoms with E-state index >= 15 is 0 Å². The maximum Gasteiger partial charge on any atom is 0.418 e. The molecule has 78 valence electrons. The van der Waals surface area contributed by atoms with Gasteiger partial charge in [0, 0.05) is 5.38 Å². The third-order valence-electron chi connectivity index (χ3n) is 1.09. The zero-order valence-electron chi connectivity index (χ0n) is 7.46. The second-order valence-corrected chi connectivity index (χ2v) is 3.37. The number of hydrogen-bond donors (Lipinski definition) is 1. The third kappa shape index (κ3) is 4.04. The van der Waals surface area contributed by atoms with Gasteiger partial charge in [-0.2, -0.15) is 0 Å². The number of thiazole rings is 1. The summed E-state index contributed by atoms with van der Waals surface area (Å²) in [5.41, 5.74) is 0.871. The van der Waals surface area contributed by atoms with Crippen molar-refractivity contribution in [3.63, 3.8) is 0 Å². The van der Waals surface area contributed by atoms with Gasteiger partial charge in [-0.25, -0.2) is 9.78 Å². The largest absolute Gasteiger partial charge is 0.418 e. The molecular formula is C9H14N2O2S. The van der Waals surface area contributed by atoms with Gasteiger partial charge in [0.15, 0.2) is 5.13 Å². The molecule has 5 heteroatoms. The van der Waals surface area contributed by atoms with Crippen molar-refractivity contribution in [1.82, 2.24) is 4.98 Å². The molecule has 1 aromatic rings. The van der Waals surface area contributed by atoms with E-state index in [0.29, 0.717) is 10.9 Å². The Labute approximate surface area is 87.6 Å². The fourth-order valence-electron chi connectivity index (χ4n) is 0.682. The first-order chi connectivity index (χ1) is 6.08. The number of carbonyl (C=O) groups is 1. The molecule has 1 aromatic heterocycles. The van der Waals surface area contributed by atoms with Gasteiger partial charge in [-0.05, 0) is 13.8 Å². The summed E-state index contributed by atoms with van der Waals surface area (Å²) in [6.45, 7) is 6.90. The average Bonchev–Trinajstić information content (AvgIpc) is 2.33. The van der Waals surface area contributed by atoms with E-state index in [1.54, 1.807) is 6.92 Å². The molecule has 0 aliphatic heterocycles. The fourth-order valence-corrected chi connectivity index (χ4v) is 1.36. The minimum Gasteiger partial charge on any atom is -0.416 e. The lowest BCUT2D eigenvalue weighted by molar-refractivity contribution is 0.192. The van der Waals surface area contributed by atoms with Crippen molar-refractivity contribution in [3.05, 3.63) is 23.4 Å². The van der Waals surface area contributed by atoms with Gasteiger partial charge in [0.25, 0.3) is 0 Å². The van der Waals surface area contributed by atoms with Crippen molar-refractivity contribution < 1.29 is 9.53 Å². The van der Waals surface area contributed by atoms with Crippen LogP contribution in [0.1, 0.15) is 20.0 Å². The lowest BCUT2D eigenvalue weighted by atomic mass is 10.6. The number of ether oxygens (including phenoxy) is 1. The first kappa shape index (κ1) is 12.6. The molecule has 1 heterocycles. The molecule has 4 nitrogen and oxygen atoms in total. The van der Waals surface area contributed by atoms with Gasteiger partial charge in [0.05, 0.1) is 11.5 Å². The number of carbonyl (C=O) groups excluding carboxylic acids is 1. The molecule has 0 radical (unpaired) electrons. The summed E-state index contributed by atoms with van der Waals surface area (Å²) >= 11 is 1.35. The Hall–Kier alpha value is -1.36. The molecule has 0 saturated heterocycles. The van der Waals surface area contributed by atoms with Crippen molar-refractivity contribution in [2.75, 3.05) is 5.32 Å². The molecule has 0 unspecified atom stereocenters. The fraction of sp³-hybridized carbons (Fsp3) is 0.333. The van der Waals surface area contributed by atoms with E-state index in [1.165, 1.54) is 11.3 Å². The highest BCUT2D eigenvalue weighted by atomic mass is 32.1. The highest BCUT2D eigenvalue weighted by molar-refractivity contribution is 7.13. The van der Waals surface area contributed by atoms with Gasteiger partial charge in [0.2, 0.25) is 0 Å². The molecule has 0 spiro atoms. The van der Waals surface area contributed by atoms with Gasteiger partial charge in [0.1, 0.15) is 0 Å². The van der Waals surface area contributed by atoms with Crippen molar-refractivity contribution in [1.29, 1.82) is 0 Å². The molecule has 0 fully saturated rings. The van der Waals surface area contributed by atoms with Crippen LogP contribution < -0.4 is 5.32 Å². The van der Waals surface area contributed by atoms with Crippen LogP contribution in [0.25, 0.3) is 0 Å². The lowest BCUT2D eigenvalue weighted by Crippen LogP contribution is -2.11. The number of aryl methyl sites for hydroxylation is 1. The highest BCUT2D eigenvalue weighted by Gasteiger charge is 2.05. The Morgan fingerprint density at radius 2 is 2.36 bits per heavy atom. The number of nitrogens with one attached hydrogen (secondary N) is 1. The molecule has 0 bridgehead atoms. The molecule has 14 heavy (non-hydrogen) atoms. The summed E-state index contributed by atoms with van der Waals surface area (Å²) in [7, 11) is 0. The second-order valence-electron chi connectivity index (χ2n) is 2.51. The van der Waals surface area contributed by atoms with Crippen molar-refractivity contribution in [2.24, 2.45) is 0 Å². The lowest BCUT2D eigenvalue weighted by Gasteiger charge is -2.01. The number of anilines is 1. The molecule has 0 saturated carbocycles. The van der Waals surface area contributed by atoms with Crippen LogP contribution >= 0.6 is 11.3 Å². The summed E-state index contributed by atoms with van der Waals surface area (Å²) in [6, 6.07) is 0. The van der Waals surface area contributed by atoms with Crippen LogP contribution in [-0.2, 0) is 4.74 Å². The maximum atomic E-state index is 11.0. The molecule has 1 amide bonds. The van der Waals surface area contributed by atoms with Gasteiger partial charge in [-0.3, -0.25) is 5.32 Å². The van der Waals surface area contributed by atoms with Crippen LogP contribution in [0.15, 0.2) is 17.7 Å². The molecule has 1 N–H and O–H groups in total. The summed E-state index contributed by atoms with van der Waals surface area (Å²) in [6.07, 6.45) is -0.554. The van der Waals surface area contributed by atoms with Crippen LogP contribution in [0.4, 0.5) is 9.93 Å². The Kier molecular flexibility index (Phi) is 4.86. The monoisotopic (exact) mass is 214 g/mol. The summed E-state index contributed by atoms with van der Waals surface area (Å²) in [5.74, 6) is 0.353. The topological polar surface area (TPSA) is 51.2 Å². The van der Waals surface area contributed by atoms with Crippen molar-refractivity contribution in [2.45, 2.75) is 21.3 Å². The molecule has 0 atom stereocenters. The number of rotatable bonds is 2. The quantitative estimate of drug-likeness (QED) is 0.769. The van der Waals surface area contributed by atoms with Crippen molar-refractivity contribution >= 4 is 22.6 Å². The van der Waals surface area contributed by atoms with Crippen LogP contribution in [0.3, 0.4) is 0 Å². The minimum absolute atomic E-state index is 0. The van der Waals surface area contributed by atoms with Crippen LogP contribution in [0, 0.1) is 6.92 Å². The number of nitrogens with zero attached hydrogens (tertiary/aromatic N) is 1. The molecule has 0 aliphatic rings. The van der Waals surface area contributed by atoms with E-state index in [0.717, 1.165) is 5.69 Å². The average molecular weight is 214 g/mol. The second kappa shape index (κ2) is 5.39. The van der Waals surface area contributed by atoms with E-state index in [1.807, 2.05) is 12.3 Å². The first-order valence-electron chi connectivity index (χ1n) is 3.64. The third-order valence-corrected chi connectivity index (χ3v) is 1.97. The zero-order chi connectivity index (χ0) is 9.84. The molecule has 0 aliphatic carbocycles. The standard InChI is InChI=1S/C8H10N2O2S.CH4/c1-5(2)12-8(11)10-7-9-6(3)4-13-7;/h4H,1H2,2-3H3,(H,9,10,11);1H4. The number of hydrogen-bond acceptors (Lipinski definition) is 4. The highest BCUT2D eigenvalue weighted by Crippen LogP contribution is 2.14. The number of allylic oxidation sites excluding steroid dienone is 1. The van der Waals surface area contributed by atoms with E-state index in [2.05, 4.69) is 21.6 Å². The van der Waals surface area contributed by atoms with E-state index in [-0.39, 0.29) is 7.43 Å². The molecule has 0 aromatic carbocycles. The van der Waals surface area contributed by atoms with Crippen molar-refractivity contribution in [3.8, 4) is 0 Å². The van der Waals surface area contributed by atoms with E-state index < -0.39 is 6.09 Å². The molecule has 1 rings (SSSR count). The molecular weight excluding hydrogens is 200 g/mol. The van der Waals surface area contributed by atoms with Gasteiger partial charge >= 0.3 is 6.09 Å². The Bertz CT molecular complexity index is 333. The summed E-state index contributed by atoms with van der Waals surface area (Å²) < 4.78 is 4.69. The van der Waals surface area contributed by atoms with Crippen LogP contribution in [-0.4, -0.2) is 11.1 Å². The van der Waals surface area contributed by atoms with Gasteiger partial charge in [-0.15, -0.1) is 11.3 Å². The predicted octanol–water partition coefficient (Wildman–Crippen LogP) is 3.17. The number of amides is 1. The van der Waals surface area contributed by atoms with E-state index in [9.17, 15) is 4.79 Å².